The predicted molar refractivity (Wildman–Crippen MR) is 144 cm³/mol. The minimum absolute atomic E-state index is 0.219. The summed E-state index contributed by atoms with van der Waals surface area (Å²) in [6.45, 7) is 5.75. The number of carbonyl (C=O) groups is 1. The molecule has 4 aromatic heterocycles. The summed E-state index contributed by atoms with van der Waals surface area (Å²) in [5.41, 5.74) is 2.01. The van der Waals surface area contributed by atoms with Crippen LogP contribution in [-0.2, 0) is 0 Å². The van der Waals surface area contributed by atoms with Crippen molar-refractivity contribution in [1.29, 1.82) is 0 Å². The maximum absolute atomic E-state index is 13.0. The molecule has 0 aromatic carbocycles. The number of nitrogens with zero attached hydrogens (tertiary/aromatic N) is 8. The average Bonchev–Trinajstić information content (AvgIpc) is 3.49. The summed E-state index contributed by atoms with van der Waals surface area (Å²) in [6.07, 6.45) is 11.1. The van der Waals surface area contributed by atoms with Gasteiger partial charge in [0, 0.05) is 68.8 Å². The standard InChI is InChI=1S/C27H29N9O/c1-34-8-10-36(11-9-34)25-14-19(4-5-29-25)27(37)33-24-13-20-12-22(30-15-21(20)16-31-24)23-17-28-18-26(32-23)35-6-2-3-7-35/h4-5,12-18H,2-3,6-11H2,1H3,(H,31,33,37). The summed E-state index contributed by atoms with van der Waals surface area (Å²) in [5.74, 6) is 1.96. The molecule has 6 heterocycles. The van der Waals surface area contributed by atoms with Crippen LogP contribution in [0.5, 0.6) is 0 Å². The summed E-state index contributed by atoms with van der Waals surface area (Å²) < 4.78 is 0. The van der Waals surface area contributed by atoms with E-state index >= 15 is 0 Å². The first-order chi connectivity index (χ1) is 18.1. The van der Waals surface area contributed by atoms with Crippen molar-refractivity contribution in [3.8, 4) is 11.4 Å². The molecule has 0 bridgehead atoms. The fourth-order valence-corrected chi connectivity index (χ4v) is 4.78. The second-order valence-electron chi connectivity index (χ2n) is 9.59. The molecule has 188 valence electrons. The molecular formula is C27H29N9O. The molecule has 2 aliphatic rings. The number of nitrogens with one attached hydrogen (secondary N) is 1. The van der Waals surface area contributed by atoms with Gasteiger partial charge in [0.25, 0.3) is 5.91 Å². The molecule has 0 spiro atoms. The Hall–Kier alpha value is -4.18. The van der Waals surface area contributed by atoms with E-state index in [0.717, 1.165) is 73.1 Å². The summed E-state index contributed by atoms with van der Waals surface area (Å²) in [7, 11) is 2.11. The van der Waals surface area contributed by atoms with E-state index in [1.807, 2.05) is 24.4 Å². The maximum Gasteiger partial charge on any atom is 0.257 e. The zero-order valence-electron chi connectivity index (χ0n) is 20.8. The smallest absolute Gasteiger partial charge is 0.257 e. The Kier molecular flexibility index (Phi) is 6.32. The largest absolute Gasteiger partial charge is 0.355 e. The third-order valence-electron chi connectivity index (χ3n) is 6.99. The lowest BCUT2D eigenvalue weighted by Crippen LogP contribution is -2.44. The highest BCUT2D eigenvalue weighted by molar-refractivity contribution is 6.05. The van der Waals surface area contributed by atoms with E-state index < -0.39 is 0 Å². The summed E-state index contributed by atoms with van der Waals surface area (Å²) in [5, 5.41) is 4.73. The second kappa shape index (κ2) is 10.1. The predicted octanol–water partition coefficient (Wildman–Crippen LogP) is 3.09. The first-order valence-corrected chi connectivity index (χ1v) is 12.7. The Bertz CT molecular complexity index is 1430. The molecule has 2 saturated heterocycles. The highest BCUT2D eigenvalue weighted by atomic mass is 16.1. The van der Waals surface area contributed by atoms with Gasteiger partial charge < -0.3 is 20.0 Å². The fourth-order valence-electron chi connectivity index (χ4n) is 4.78. The Morgan fingerprint density at radius 2 is 1.57 bits per heavy atom. The van der Waals surface area contributed by atoms with E-state index in [2.05, 4.69) is 47.0 Å². The normalized spacial score (nSPS) is 16.4. The van der Waals surface area contributed by atoms with Gasteiger partial charge in [-0.25, -0.2) is 15.0 Å². The topological polar surface area (TPSA) is 103 Å². The number of rotatable bonds is 5. The van der Waals surface area contributed by atoms with Crippen LogP contribution in [0, 0.1) is 0 Å². The first kappa shape index (κ1) is 23.2. The second-order valence-corrected chi connectivity index (χ2v) is 9.59. The van der Waals surface area contributed by atoms with Gasteiger partial charge in [-0.15, -0.1) is 0 Å². The lowest BCUT2D eigenvalue weighted by molar-refractivity contribution is 0.102. The molecule has 0 unspecified atom stereocenters. The van der Waals surface area contributed by atoms with Gasteiger partial charge >= 0.3 is 0 Å². The summed E-state index contributed by atoms with van der Waals surface area (Å²) in [6, 6.07) is 7.39. The van der Waals surface area contributed by atoms with Crippen molar-refractivity contribution in [2.24, 2.45) is 0 Å². The fraction of sp³-hybridized carbons (Fsp3) is 0.333. The van der Waals surface area contributed by atoms with Gasteiger partial charge in [-0.1, -0.05) is 0 Å². The lowest BCUT2D eigenvalue weighted by atomic mass is 10.1. The molecule has 0 atom stereocenters. The van der Waals surface area contributed by atoms with Crippen molar-refractivity contribution in [2.75, 3.05) is 61.4 Å². The molecule has 0 aliphatic carbocycles. The van der Waals surface area contributed by atoms with Crippen LogP contribution in [0.1, 0.15) is 23.2 Å². The summed E-state index contributed by atoms with van der Waals surface area (Å²) >= 11 is 0. The number of carbonyl (C=O) groups excluding carboxylic acids is 1. The van der Waals surface area contributed by atoms with Crippen LogP contribution < -0.4 is 15.1 Å². The van der Waals surface area contributed by atoms with Crippen molar-refractivity contribution in [3.63, 3.8) is 0 Å². The van der Waals surface area contributed by atoms with Crippen LogP contribution in [0.15, 0.2) is 55.2 Å². The molecule has 1 amide bonds. The van der Waals surface area contributed by atoms with Gasteiger partial charge in [-0.05, 0) is 49.5 Å². The van der Waals surface area contributed by atoms with Crippen molar-refractivity contribution in [3.05, 3.63) is 60.8 Å². The van der Waals surface area contributed by atoms with E-state index in [4.69, 9.17) is 4.98 Å². The highest BCUT2D eigenvalue weighted by Gasteiger charge is 2.18. The molecule has 4 aromatic rings. The van der Waals surface area contributed by atoms with Gasteiger partial charge in [0.2, 0.25) is 0 Å². The zero-order valence-corrected chi connectivity index (χ0v) is 20.8. The van der Waals surface area contributed by atoms with Crippen molar-refractivity contribution < 1.29 is 4.79 Å². The molecule has 10 heteroatoms. The monoisotopic (exact) mass is 495 g/mol. The third-order valence-corrected chi connectivity index (χ3v) is 6.99. The van der Waals surface area contributed by atoms with Crippen LogP contribution in [-0.4, -0.2) is 82.0 Å². The van der Waals surface area contributed by atoms with Crippen molar-refractivity contribution >= 4 is 34.1 Å². The van der Waals surface area contributed by atoms with E-state index in [1.54, 1.807) is 30.9 Å². The molecular weight excluding hydrogens is 466 g/mol. The number of hydrogen-bond acceptors (Lipinski definition) is 9. The number of fused-ring (bicyclic) bond motifs is 1. The molecule has 10 nitrogen and oxygen atoms in total. The molecule has 37 heavy (non-hydrogen) atoms. The number of likely N-dealkylation sites (N-methyl/N-ethyl adjacent to an activating group) is 1. The van der Waals surface area contributed by atoms with Crippen molar-refractivity contribution in [2.45, 2.75) is 12.8 Å². The molecule has 0 radical (unpaired) electrons. The van der Waals surface area contributed by atoms with E-state index in [-0.39, 0.29) is 5.91 Å². The Labute approximate surface area is 215 Å². The minimum atomic E-state index is -0.219. The molecule has 0 saturated carbocycles. The summed E-state index contributed by atoms with van der Waals surface area (Å²) in [4.78, 5) is 42.5. The first-order valence-electron chi connectivity index (χ1n) is 12.7. The number of amides is 1. The quantitative estimate of drug-likeness (QED) is 0.447. The number of anilines is 3. The Balaban J connectivity index is 1.21. The van der Waals surface area contributed by atoms with Gasteiger partial charge in [-0.3, -0.25) is 14.8 Å². The van der Waals surface area contributed by atoms with Gasteiger partial charge in [0.1, 0.15) is 23.1 Å². The van der Waals surface area contributed by atoms with Gasteiger partial charge in [-0.2, -0.15) is 0 Å². The van der Waals surface area contributed by atoms with Crippen LogP contribution in [0.3, 0.4) is 0 Å². The Morgan fingerprint density at radius 1 is 0.784 bits per heavy atom. The number of hydrogen-bond donors (Lipinski definition) is 1. The van der Waals surface area contributed by atoms with Crippen molar-refractivity contribution in [1.82, 2.24) is 29.8 Å². The minimum Gasteiger partial charge on any atom is -0.355 e. The van der Waals surface area contributed by atoms with E-state index in [1.165, 1.54) is 12.8 Å². The van der Waals surface area contributed by atoms with Crippen LogP contribution in [0.2, 0.25) is 0 Å². The number of pyridine rings is 3. The van der Waals surface area contributed by atoms with Crippen LogP contribution >= 0.6 is 0 Å². The SMILES string of the molecule is CN1CCN(c2cc(C(=O)Nc3cc4cc(-c5cncc(N6CCCC6)n5)ncc4cn3)ccn2)CC1. The number of aromatic nitrogens is 5. The van der Waals surface area contributed by atoms with Crippen LogP contribution in [0.25, 0.3) is 22.2 Å². The van der Waals surface area contributed by atoms with Crippen LogP contribution in [0.4, 0.5) is 17.5 Å². The van der Waals surface area contributed by atoms with Gasteiger partial charge in [0.15, 0.2) is 0 Å². The third kappa shape index (κ3) is 5.05. The molecule has 2 aliphatic heterocycles. The highest BCUT2D eigenvalue weighted by Crippen LogP contribution is 2.25. The lowest BCUT2D eigenvalue weighted by Gasteiger charge is -2.33. The molecule has 6 rings (SSSR count). The zero-order chi connectivity index (χ0) is 25.2. The van der Waals surface area contributed by atoms with E-state index in [9.17, 15) is 4.79 Å². The van der Waals surface area contributed by atoms with Gasteiger partial charge in [0.05, 0.1) is 18.1 Å². The van der Waals surface area contributed by atoms with E-state index in [0.29, 0.717) is 11.4 Å². The molecule has 1 N–H and O–H groups in total. The number of piperazine rings is 1. The Morgan fingerprint density at radius 3 is 2.41 bits per heavy atom. The average molecular weight is 496 g/mol. The molecule has 2 fully saturated rings. The maximum atomic E-state index is 13.0.